The molecule has 1 aliphatic rings. The maximum Gasteiger partial charge on any atom is 0.257 e. The van der Waals surface area contributed by atoms with E-state index in [9.17, 15) is 9.18 Å². The molecule has 1 aromatic heterocycles. The van der Waals surface area contributed by atoms with Gasteiger partial charge in [0.15, 0.2) is 5.82 Å². The molecule has 0 N–H and O–H groups in total. The second-order valence-electron chi connectivity index (χ2n) is 6.27. The zero-order chi connectivity index (χ0) is 18.1. The molecular formula is C19H15ClFN3O2. The van der Waals surface area contributed by atoms with Crippen LogP contribution in [0.25, 0.3) is 11.5 Å². The Kier molecular flexibility index (Phi) is 4.42. The van der Waals surface area contributed by atoms with E-state index in [-0.39, 0.29) is 17.6 Å². The van der Waals surface area contributed by atoms with Gasteiger partial charge in [0.25, 0.3) is 5.89 Å². The van der Waals surface area contributed by atoms with Gasteiger partial charge < -0.3 is 9.42 Å². The molecule has 132 valence electrons. The highest BCUT2D eigenvalue weighted by Gasteiger charge is 2.33. The summed E-state index contributed by atoms with van der Waals surface area (Å²) in [5.41, 5.74) is 1.66. The Labute approximate surface area is 154 Å². The van der Waals surface area contributed by atoms with Crippen LogP contribution < -0.4 is 0 Å². The van der Waals surface area contributed by atoms with Crippen molar-refractivity contribution < 1.29 is 13.7 Å². The van der Waals surface area contributed by atoms with Gasteiger partial charge in [-0.1, -0.05) is 28.9 Å². The highest BCUT2D eigenvalue weighted by molar-refractivity contribution is 6.30. The van der Waals surface area contributed by atoms with E-state index in [4.69, 9.17) is 16.1 Å². The van der Waals surface area contributed by atoms with E-state index in [1.54, 1.807) is 17.0 Å². The zero-order valence-electron chi connectivity index (χ0n) is 13.7. The minimum absolute atomic E-state index is 0.0538. The molecule has 0 bridgehead atoms. The van der Waals surface area contributed by atoms with Crippen LogP contribution in [0, 0.1) is 5.82 Å². The van der Waals surface area contributed by atoms with Gasteiger partial charge in [0.2, 0.25) is 5.91 Å². The predicted molar refractivity (Wildman–Crippen MR) is 93.9 cm³/mol. The van der Waals surface area contributed by atoms with Crippen LogP contribution in [0.2, 0.25) is 5.02 Å². The first-order chi connectivity index (χ1) is 12.6. The second kappa shape index (κ2) is 6.88. The van der Waals surface area contributed by atoms with E-state index in [1.807, 2.05) is 24.3 Å². The molecule has 0 spiro atoms. The fourth-order valence-electron chi connectivity index (χ4n) is 3.02. The Bertz CT molecular complexity index is 925. The Morgan fingerprint density at radius 3 is 2.62 bits per heavy atom. The lowest BCUT2D eigenvalue weighted by molar-refractivity contribution is -0.128. The van der Waals surface area contributed by atoms with Gasteiger partial charge >= 0.3 is 0 Å². The smallest absolute Gasteiger partial charge is 0.257 e. The maximum absolute atomic E-state index is 13.0. The van der Waals surface area contributed by atoms with Crippen LogP contribution in [-0.2, 0) is 11.3 Å². The van der Waals surface area contributed by atoms with E-state index in [2.05, 4.69) is 10.1 Å². The number of amides is 1. The maximum atomic E-state index is 13.0. The van der Waals surface area contributed by atoms with E-state index >= 15 is 0 Å². The van der Waals surface area contributed by atoms with Gasteiger partial charge in [-0.15, -0.1) is 0 Å². The van der Waals surface area contributed by atoms with Gasteiger partial charge in [0.1, 0.15) is 5.82 Å². The average molecular weight is 372 g/mol. The van der Waals surface area contributed by atoms with Crippen molar-refractivity contribution in [3.63, 3.8) is 0 Å². The lowest BCUT2D eigenvalue weighted by Crippen LogP contribution is -2.24. The van der Waals surface area contributed by atoms with Gasteiger partial charge in [0, 0.05) is 36.0 Å². The molecule has 1 atom stereocenters. The van der Waals surface area contributed by atoms with Gasteiger partial charge in [0.05, 0.1) is 0 Å². The van der Waals surface area contributed by atoms with Crippen LogP contribution in [-0.4, -0.2) is 27.5 Å². The highest BCUT2D eigenvalue weighted by atomic mass is 35.5. The predicted octanol–water partition coefficient (Wildman–Crippen LogP) is 4.05. The Morgan fingerprint density at radius 2 is 1.88 bits per heavy atom. The largest absolute Gasteiger partial charge is 0.338 e. The van der Waals surface area contributed by atoms with Crippen molar-refractivity contribution in [2.45, 2.75) is 18.9 Å². The van der Waals surface area contributed by atoms with Crippen LogP contribution in [0.4, 0.5) is 4.39 Å². The summed E-state index contributed by atoms with van der Waals surface area (Å²) >= 11 is 5.89. The number of aromatic nitrogens is 2. The van der Waals surface area contributed by atoms with Crippen molar-refractivity contribution in [2.75, 3.05) is 6.54 Å². The quantitative estimate of drug-likeness (QED) is 0.694. The van der Waals surface area contributed by atoms with Gasteiger partial charge in [-0.3, -0.25) is 4.79 Å². The number of hydrogen-bond donors (Lipinski definition) is 0. The monoisotopic (exact) mass is 371 g/mol. The van der Waals surface area contributed by atoms with Gasteiger partial charge in [-0.05, 0) is 42.0 Å². The Morgan fingerprint density at radius 1 is 1.15 bits per heavy atom. The fraction of sp³-hybridized carbons (Fsp3) is 0.211. The van der Waals surface area contributed by atoms with Gasteiger partial charge in [-0.2, -0.15) is 4.98 Å². The lowest BCUT2D eigenvalue weighted by atomic mass is 10.1. The third kappa shape index (κ3) is 3.46. The molecule has 7 heteroatoms. The SMILES string of the molecule is O=C1CC(c2noc(-c3ccc(F)cc3)n2)CN1Cc1ccc(Cl)cc1. The molecule has 4 rings (SSSR count). The molecule has 1 amide bonds. The summed E-state index contributed by atoms with van der Waals surface area (Å²) < 4.78 is 18.3. The molecule has 5 nitrogen and oxygen atoms in total. The van der Waals surface area contributed by atoms with Crippen LogP contribution in [0.1, 0.15) is 23.7 Å². The minimum Gasteiger partial charge on any atom is -0.338 e. The lowest BCUT2D eigenvalue weighted by Gasteiger charge is -2.16. The van der Waals surface area contributed by atoms with Crippen LogP contribution >= 0.6 is 11.6 Å². The Balaban J connectivity index is 1.47. The minimum atomic E-state index is -0.326. The summed E-state index contributed by atoms with van der Waals surface area (Å²) in [6.45, 7) is 1.05. The van der Waals surface area contributed by atoms with Crippen LogP contribution in [0.3, 0.4) is 0 Å². The topological polar surface area (TPSA) is 59.2 Å². The number of carbonyl (C=O) groups excluding carboxylic acids is 1. The molecule has 2 aromatic carbocycles. The number of nitrogens with zero attached hydrogens (tertiary/aromatic N) is 3. The third-order valence-electron chi connectivity index (χ3n) is 4.40. The Hall–Kier alpha value is -2.73. The summed E-state index contributed by atoms with van der Waals surface area (Å²) in [5, 5.41) is 4.67. The van der Waals surface area contributed by atoms with Crippen LogP contribution in [0.15, 0.2) is 53.1 Å². The summed E-state index contributed by atoms with van der Waals surface area (Å²) in [4.78, 5) is 18.5. The van der Waals surface area contributed by atoms with E-state index in [1.165, 1.54) is 12.1 Å². The highest BCUT2D eigenvalue weighted by Crippen LogP contribution is 2.29. The van der Waals surface area contributed by atoms with Crippen molar-refractivity contribution >= 4 is 17.5 Å². The number of hydrogen-bond acceptors (Lipinski definition) is 4. The second-order valence-corrected chi connectivity index (χ2v) is 6.70. The summed E-state index contributed by atoms with van der Waals surface area (Å²) in [5.74, 6) is 0.429. The number of halogens is 2. The third-order valence-corrected chi connectivity index (χ3v) is 4.65. The number of rotatable bonds is 4. The molecule has 0 radical (unpaired) electrons. The summed E-state index contributed by atoms with van der Waals surface area (Å²) in [7, 11) is 0. The molecule has 0 aliphatic carbocycles. The van der Waals surface area contributed by atoms with Gasteiger partial charge in [-0.25, -0.2) is 4.39 Å². The number of carbonyl (C=O) groups is 1. The molecule has 1 aliphatic heterocycles. The first-order valence-electron chi connectivity index (χ1n) is 8.20. The first-order valence-corrected chi connectivity index (χ1v) is 8.58. The molecule has 1 saturated heterocycles. The standard InChI is InChI=1S/C19H15ClFN3O2/c20-15-5-1-12(2-6-15)10-24-11-14(9-17(24)25)18-22-19(26-23-18)13-3-7-16(21)8-4-13/h1-8,14H,9-11H2. The van der Waals surface area contributed by atoms with E-state index < -0.39 is 0 Å². The summed E-state index contributed by atoms with van der Waals surface area (Å²) in [6, 6.07) is 13.3. The van der Waals surface area contributed by atoms with Crippen molar-refractivity contribution in [3.05, 3.63) is 70.8 Å². The molecule has 3 aromatic rings. The number of likely N-dealkylation sites (tertiary alicyclic amines) is 1. The normalized spacial score (nSPS) is 17.1. The molecule has 2 heterocycles. The van der Waals surface area contributed by atoms with Crippen molar-refractivity contribution in [1.29, 1.82) is 0 Å². The van der Waals surface area contributed by atoms with Crippen molar-refractivity contribution in [2.24, 2.45) is 0 Å². The zero-order valence-corrected chi connectivity index (χ0v) is 14.5. The molecule has 1 unspecified atom stereocenters. The van der Waals surface area contributed by atoms with Crippen molar-refractivity contribution in [3.8, 4) is 11.5 Å². The average Bonchev–Trinajstić information content (AvgIpc) is 3.25. The molecular weight excluding hydrogens is 357 g/mol. The van der Waals surface area contributed by atoms with E-state index in [0.29, 0.717) is 41.8 Å². The molecule has 26 heavy (non-hydrogen) atoms. The fourth-order valence-corrected chi connectivity index (χ4v) is 3.14. The molecule has 1 fully saturated rings. The summed E-state index contributed by atoms with van der Waals surface area (Å²) in [6.07, 6.45) is 0.343. The van der Waals surface area contributed by atoms with E-state index in [0.717, 1.165) is 5.56 Å². The van der Waals surface area contributed by atoms with Crippen molar-refractivity contribution in [1.82, 2.24) is 15.0 Å². The first kappa shape index (κ1) is 16.7. The number of benzene rings is 2. The van der Waals surface area contributed by atoms with Crippen LogP contribution in [0.5, 0.6) is 0 Å². The molecule has 0 saturated carbocycles.